The summed E-state index contributed by atoms with van der Waals surface area (Å²) in [7, 11) is 0. The molecule has 0 amide bonds. The molecule has 3 nitrogen and oxygen atoms in total. The van der Waals surface area contributed by atoms with E-state index < -0.39 is 12.1 Å². The summed E-state index contributed by atoms with van der Waals surface area (Å²) in [4.78, 5) is 8.89. The Morgan fingerprint density at radius 1 is 1.44 bits per heavy atom. The van der Waals surface area contributed by atoms with E-state index in [9.17, 15) is 5.11 Å². The topological polar surface area (TPSA) is 63.2 Å². The van der Waals surface area contributed by atoms with E-state index in [1.165, 1.54) is 0 Å². The van der Waals surface area contributed by atoms with Crippen molar-refractivity contribution in [2.45, 2.75) is 26.9 Å². The Kier molecular flexibility index (Phi) is 19.7. The first-order valence-electron chi connectivity index (χ1n) is 2.30. The van der Waals surface area contributed by atoms with Crippen molar-refractivity contribution in [1.82, 2.24) is 0 Å². The average molecular weight is 166 g/mol. The van der Waals surface area contributed by atoms with Crippen molar-refractivity contribution < 1.29 is 36.7 Å². The zero-order valence-corrected chi connectivity index (χ0v) is 7.36. The number of carbonyl (C=O) groups excluding carboxylic acids is 1. The van der Waals surface area contributed by atoms with Crippen molar-refractivity contribution in [3.63, 3.8) is 0 Å². The van der Waals surface area contributed by atoms with Gasteiger partial charge >= 0.3 is 21.7 Å². The van der Waals surface area contributed by atoms with Crippen molar-refractivity contribution in [3.05, 3.63) is 0 Å². The summed E-state index contributed by atoms with van der Waals surface area (Å²) in [5.74, 6) is -1.08. The summed E-state index contributed by atoms with van der Waals surface area (Å²) in [6, 6.07) is 0. The summed E-state index contributed by atoms with van der Waals surface area (Å²) >= 11 is 0. The molecule has 0 heterocycles. The van der Waals surface area contributed by atoms with Gasteiger partial charge in [0, 0.05) is 5.97 Å². The Morgan fingerprint density at radius 2 is 1.44 bits per heavy atom. The molecule has 52 valence electrons. The Morgan fingerprint density at radius 3 is 1.44 bits per heavy atom. The second kappa shape index (κ2) is 11.0. The Labute approximate surface area is 70.0 Å². The van der Waals surface area contributed by atoms with Crippen molar-refractivity contribution in [2.24, 2.45) is 0 Å². The van der Waals surface area contributed by atoms with Gasteiger partial charge in [0.2, 0.25) is 0 Å². The number of carboxylic acid groups (broad SMARTS) is 1. The van der Waals surface area contributed by atoms with Crippen molar-refractivity contribution in [3.8, 4) is 0 Å². The van der Waals surface area contributed by atoms with E-state index in [1.54, 1.807) is 13.8 Å². The van der Waals surface area contributed by atoms with E-state index in [0.717, 1.165) is 6.92 Å². The van der Waals surface area contributed by atoms with Gasteiger partial charge in [0.05, 0.1) is 0 Å². The Balaban J connectivity index is -0.0000000720. The number of aliphatic carboxylic acids is 1. The zero-order chi connectivity index (χ0) is 7.15. The third kappa shape index (κ3) is 14800. The van der Waals surface area contributed by atoms with E-state index in [4.69, 9.17) is 9.90 Å². The Hall–Kier alpha value is 0.144. The number of carboxylic acids is 1. The maximum absolute atomic E-state index is 9.53. The molecule has 0 aliphatic carbocycles. The molecule has 9 heavy (non-hydrogen) atoms. The fraction of sp³-hybridized carbons (Fsp3) is 0.800. The molecule has 0 fully saturated rings. The van der Waals surface area contributed by atoms with Gasteiger partial charge in [-0.3, -0.25) is 0 Å². The van der Waals surface area contributed by atoms with E-state index in [2.05, 4.69) is 0 Å². The second-order valence-electron chi connectivity index (χ2n) is 1.54. The molecule has 0 aromatic heterocycles. The molecule has 0 rings (SSSR count). The first-order valence-corrected chi connectivity index (χ1v) is 2.30. The molecule has 0 aliphatic heterocycles. The van der Waals surface area contributed by atoms with Gasteiger partial charge in [-0.2, -0.15) is 0 Å². The molecule has 4 heteroatoms. The van der Waals surface area contributed by atoms with Crippen LogP contribution in [0.1, 0.15) is 20.8 Å². The smallest absolute Gasteiger partial charge is 0.852 e. The molecular formula is C5H10O3Ti. The molecule has 0 bridgehead atoms. The number of rotatable bonds is 0. The van der Waals surface area contributed by atoms with Crippen LogP contribution in [0.2, 0.25) is 0 Å². The van der Waals surface area contributed by atoms with Crippen LogP contribution < -0.4 is 10.2 Å². The second-order valence-corrected chi connectivity index (χ2v) is 1.54. The summed E-state index contributed by atoms with van der Waals surface area (Å²) in [5, 5.41) is 18.4. The molecule has 0 aromatic carbocycles. The standard InChI is InChI=1S/C3H7O.C2H4O2.Ti/c1-3(2)4;1-2(3)4;/h3H,1-2H3;1H3,(H,3,4);/q-1;;+2/p-1. The van der Waals surface area contributed by atoms with Gasteiger partial charge in [-0.1, -0.05) is 13.8 Å². The predicted molar refractivity (Wildman–Crippen MR) is 25.8 cm³/mol. The van der Waals surface area contributed by atoms with Gasteiger partial charge in [0.15, 0.2) is 0 Å². The summed E-state index contributed by atoms with van der Waals surface area (Å²) in [5.41, 5.74) is 0. The van der Waals surface area contributed by atoms with E-state index >= 15 is 0 Å². The predicted octanol–water partition coefficient (Wildman–Crippen LogP) is -1.49. The third-order valence-corrected chi connectivity index (χ3v) is 0. The fourth-order valence-electron chi connectivity index (χ4n) is 0. The average Bonchev–Trinajstić information content (AvgIpc) is 1.25. The largest absolute Gasteiger partial charge is 2.00 e. The monoisotopic (exact) mass is 166 g/mol. The van der Waals surface area contributed by atoms with Crippen LogP contribution in [0.15, 0.2) is 0 Å². The molecule has 0 unspecified atom stereocenters. The third-order valence-electron chi connectivity index (χ3n) is 0. The van der Waals surface area contributed by atoms with Crippen LogP contribution in [-0.4, -0.2) is 12.1 Å². The van der Waals surface area contributed by atoms with E-state index in [-0.39, 0.29) is 21.7 Å². The van der Waals surface area contributed by atoms with Crippen LogP contribution in [0, 0.1) is 0 Å². The number of hydrogen-bond donors (Lipinski definition) is 0. The molecule has 0 spiro atoms. The van der Waals surface area contributed by atoms with Crippen molar-refractivity contribution >= 4 is 5.97 Å². The SMILES string of the molecule is CC(=O)[O-].CC(C)[O-].[Ti+2]. The Bertz CT molecular complexity index is 56.5. The van der Waals surface area contributed by atoms with Gasteiger partial charge in [0.1, 0.15) is 0 Å². The maximum atomic E-state index is 9.53. The zero-order valence-electron chi connectivity index (χ0n) is 5.80. The summed E-state index contributed by atoms with van der Waals surface area (Å²) in [6.45, 7) is 4.19. The van der Waals surface area contributed by atoms with Crippen LogP contribution >= 0.6 is 0 Å². The van der Waals surface area contributed by atoms with Crippen LogP contribution in [0.25, 0.3) is 0 Å². The molecule has 0 atom stereocenters. The maximum Gasteiger partial charge on any atom is 2.00 e. The van der Waals surface area contributed by atoms with Gasteiger partial charge in [-0.25, -0.2) is 0 Å². The van der Waals surface area contributed by atoms with Gasteiger partial charge in [-0.05, 0) is 6.92 Å². The fourth-order valence-corrected chi connectivity index (χ4v) is 0. The molecule has 0 aliphatic rings. The summed E-state index contributed by atoms with van der Waals surface area (Å²) in [6.07, 6.45) is -0.417. The first kappa shape index (κ1) is 16.1. The van der Waals surface area contributed by atoms with Gasteiger partial charge in [-0.15, -0.1) is 6.10 Å². The first-order chi connectivity index (χ1) is 3.46. The van der Waals surface area contributed by atoms with Crippen LogP contribution in [-0.2, 0) is 26.5 Å². The molecule has 0 radical (unpaired) electrons. The molecule has 0 saturated heterocycles. The number of hydrogen-bond acceptors (Lipinski definition) is 3. The van der Waals surface area contributed by atoms with Gasteiger partial charge < -0.3 is 15.0 Å². The van der Waals surface area contributed by atoms with Crippen molar-refractivity contribution in [1.29, 1.82) is 0 Å². The van der Waals surface area contributed by atoms with Crippen LogP contribution in [0.3, 0.4) is 0 Å². The molecule has 0 saturated carbocycles. The molecule has 0 N–H and O–H groups in total. The van der Waals surface area contributed by atoms with Crippen molar-refractivity contribution in [2.75, 3.05) is 0 Å². The minimum atomic E-state index is -1.08. The minimum absolute atomic E-state index is 0. The molecular weight excluding hydrogens is 156 g/mol. The normalized spacial score (nSPS) is 6.78. The number of carbonyl (C=O) groups is 1. The van der Waals surface area contributed by atoms with Crippen LogP contribution in [0.5, 0.6) is 0 Å². The quantitative estimate of drug-likeness (QED) is 0.412. The minimum Gasteiger partial charge on any atom is -0.852 e. The van der Waals surface area contributed by atoms with E-state index in [0.29, 0.717) is 0 Å². The van der Waals surface area contributed by atoms with E-state index in [1.807, 2.05) is 0 Å². The summed E-state index contributed by atoms with van der Waals surface area (Å²) < 4.78 is 0. The van der Waals surface area contributed by atoms with Gasteiger partial charge in [0.25, 0.3) is 0 Å². The van der Waals surface area contributed by atoms with Crippen LogP contribution in [0.4, 0.5) is 0 Å². The molecule has 0 aromatic rings.